The smallest absolute Gasteiger partial charge is 0.323 e. The van der Waals surface area contributed by atoms with E-state index in [0.29, 0.717) is 12.6 Å². The van der Waals surface area contributed by atoms with E-state index in [4.69, 9.17) is 4.74 Å². The van der Waals surface area contributed by atoms with Gasteiger partial charge in [-0.05, 0) is 45.1 Å². The summed E-state index contributed by atoms with van der Waals surface area (Å²) in [5.41, 5.74) is 0. The second-order valence-electron chi connectivity index (χ2n) is 6.15. The van der Waals surface area contributed by atoms with Crippen molar-refractivity contribution in [1.29, 1.82) is 0 Å². The van der Waals surface area contributed by atoms with Gasteiger partial charge in [-0.1, -0.05) is 13.3 Å². The number of methoxy groups -OCH3 is 1. The number of piperidine rings is 2. The van der Waals surface area contributed by atoms with E-state index < -0.39 is 0 Å². The van der Waals surface area contributed by atoms with Crippen LogP contribution in [-0.4, -0.2) is 60.5 Å². The first-order valence-electron chi connectivity index (χ1n) is 8.28. The molecule has 0 aromatic rings. The molecule has 2 atom stereocenters. The Morgan fingerprint density at radius 3 is 2.52 bits per heavy atom. The summed E-state index contributed by atoms with van der Waals surface area (Å²) in [7, 11) is 1.43. The van der Waals surface area contributed by atoms with E-state index in [0.717, 1.165) is 51.6 Å². The molecule has 0 saturated carbocycles. The fraction of sp³-hybridized carbons (Fsp3) is 0.875. The average Bonchev–Trinajstić information content (AvgIpc) is 2.54. The number of esters is 1. The van der Waals surface area contributed by atoms with Gasteiger partial charge in [0.1, 0.15) is 6.04 Å². The first-order chi connectivity index (χ1) is 10.2. The molecule has 0 spiro atoms. The van der Waals surface area contributed by atoms with Crippen LogP contribution in [0.4, 0.5) is 0 Å². The van der Waals surface area contributed by atoms with Gasteiger partial charge in [-0.3, -0.25) is 14.5 Å². The largest absolute Gasteiger partial charge is 0.468 e. The molecule has 120 valence electrons. The van der Waals surface area contributed by atoms with Gasteiger partial charge in [-0.2, -0.15) is 0 Å². The standard InChI is InChI=1S/C16H28N2O3/c1-3-13-8-4-7-11-18(13)15(19)12-17-10-6-5-9-14(17)16(20)21-2/h13-14H,3-12H2,1-2H3/t13?,14-/m1/s1. The van der Waals surface area contributed by atoms with Gasteiger partial charge in [0.15, 0.2) is 0 Å². The minimum atomic E-state index is -0.238. The molecule has 0 N–H and O–H groups in total. The Morgan fingerprint density at radius 2 is 1.81 bits per heavy atom. The zero-order valence-electron chi connectivity index (χ0n) is 13.3. The summed E-state index contributed by atoms with van der Waals surface area (Å²) in [4.78, 5) is 28.5. The van der Waals surface area contributed by atoms with Crippen LogP contribution in [0.3, 0.4) is 0 Å². The molecule has 1 amide bonds. The summed E-state index contributed by atoms with van der Waals surface area (Å²) in [6.07, 6.45) is 7.34. The van der Waals surface area contributed by atoms with Crippen molar-refractivity contribution < 1.29 is 14.3 Å². The van der Waals surface area contributed by atoms with Gasteiger partial charge in [0.2, 0.25) is 5.91 Å². The Morgan fingerprint density at radius 1 is 1.10 bits per heavy atom. The van der Waals surface area contributed by atoms with Crippen molar-refractivity contribution in [2.75, 3.05) is 26.7 Å². The van der Waals surface area contributed by atoms with E-state index >= 15 is 0 Å². The third-order valence-corrected chi connectivity index (χ3v) is 4.84. The molecular formula is C16H28N2O3. The highest BCUT2D eigenvalue weighted by atomic mass is 16.5. The second kappa shape index (κ2) is 7.78. The van der Waals surface area contributed by atoms with Crippen LogP contribution in [0.5, 0.6) is 0 Å². The van der Waals surface area contributed by atoms with E-state index in [-0.39, 0.29) is 17.9 Å². The molecule has 2 aliphatic heterocycles. The average molecular weight is 296 g/mol. The van der Waals surface area contributed by atoms with Crippen molar-refractivity contribution in [1.82, 2.24) is 9.80 Å². The van der Waals surface area contributed by atoms with Crippen LogP contribution in [0.25, 0.3) is 0 Å². The van der Waals surface area contributed by atoms with Crippen molar-refractivity contribution in [2.24, 2.45) is 0 Å². The number of amides is 1. The Kier molecular flexibility index (Phi) is 6.03. The third-order valence-electron chi connectivity index (χ3n) is 4.84. The summed E-state index contributed by atoms with van der Waals surface area (Å²) in [6.45, 7) is 4.19. The van der Waals surface area contributed by atoms with Crippen LogP contribution in [0.15, 0.2) is 0 Å². The molecular weight excluding hydrogens is 268 g/mol. The van der Waals surface area contributed by atoms with Crippen LogP contribution < -0.4 is 0 Å². The lowest BCUT2D eigenvalue weighted by Gasteiger charge is -2.39. The molecule has 0 aromatic carbocycles. The molecule has 2 saturated heterocycles. The van der Waals surface area contributed by atoms with E-state index in [1.807, 2.05) is 9.80 Å². The number of likely N-dealkylation sites (tertiary alicyclic amines) is 2. The number of ether oxygens (including phenoxy) is 1. The quantitative estimate of drug-likeness (QED) is 0.742. The number of carbonyl (C=O) groups excluding carboxylic acids is 2. The molecule has 2 fully saturated rings. The molecule has 2 aliphatic rings. The number of hydrogen-bond donors (Lipinski definition) is 0. The summed E-state index contributed by atoms with van der Waals surface area (Å²) in [6, 6.07) is 0.144. The second-order valence-corrected chi connectivity index (χ2v) is 6.15. The van der Waals surface area contributed by atoms with Crippen molar-refractivity contribution >= 4 is 11.9 Å². The summed E-state index contributed by atoms with van der Waals surface area (Å²) in [5.74, 6) is -0.0226. The fourth-order valence-electron chi connectivity index (χ4n) is 3.60. The Balaban J connectivity index is 1.97. The zero-order chi connectivity index (χ0) is 15.2. The Bertz CT molecular complexity index is 373. The first-order valence-corrected chi connectivity index (χ1v) is 8.28. The highest BCUT2D eigenvalue weighted by Gasteiger charge is 2.33. The number of hydrogen-bond acceptors (Lipinski definition) is 4. The van der Waals surface area contributed by atoms with Gasteiger partial charge in [0.25, 0.3) is 0 Å². The molecule has 0 bridgehead atoms. The van der Waals surface area contributed by atoms with Crippen LogP contribution in [-0.2, 0) is 14.3 Å². The molecule has 5 heteroatoms. The normalized spacial score (nSPS) is 27.4. The fourth-order valence-corrected chi connectivity index (χ4v) is 3.60. The molecule has 2 rings (SSSR count). The Labute approximate surface area is 127 Å². The summed E-state index contributed by atoms with van der Waals surface area (Å²) in [5, 5.41) is 0. The van der Waals surface area contributed by atoms with Gasteiger partial charge < -0.3 is 9.64 Å². The van der Waals surface area contributed by atoms with Gasteiger partial charge in [0, 0.05) is 12.6 Å². The van der Waals surface area contributed by atoms with Crippen LogP contribution in [0.1, 0.15) is 51.9 Å². The molecule has 2 heterocycles. The molecule has 1 unspecified atom stereocenters. The van der Waals surface area contributed by atoms with Crippen molar-refractivity contribution in [3.8, 4) is 0 Å². The predicted molar refractivity (Wildman–Crippen MR) is 80.9 cm³/mol. The monoisotopic (exact) mass is 296 g/mol. The SMILES string of the molecule is CCC1CCCCN1C(=O)CN1CCCC[C@@H]1C(=O)OC. The minimum absolute atomic E-state index is 0.178. The lowest BCUT2D eigenvalue weighted by atomic mass is 9.99. The summed E-state index contributed by atoms with van der Waals surface area (Å²) < 4.78 is 4.88. The number of nitrogens with zero attached hydrogens (tertiary/aromatic N) is 2. The maximum atomic E-state index is 12.6. The third kappa shape index (κ3) is 3.96. The highest BCUT2D eigenvalue weighted by Crippen LogP contribution is 2.22. The van der Waals surface area contributed by atoms with Crippen molar-refractivity contribution in [3.05, 3.63) is 0 Å². The van der Waals surface area contributed by atoms with Crippen LogP contribution in [0, 0.1) is 0 Å². The lowest BCUT2D eigenvalue weighted by molar-refractivity contribution is -0.150. The van der Waals surface area contributed by atoms with E-state index in [9.17, 15) is 9.59 Å². The van der Waals surface area contributed by atoms with E-state index in [1.165, 1.54) is 13.5 Å². The maximum Gasteiger partial charge on any atom is 0.323 e. The first kappa shape index (κ1) is 16.3. The zero-order valence-corrected chi connectivity index (χ0v) is 13.3. The summed E-state index contributed by atoms with van der Waals surface area (Å²) >= 11 is 0. The maximum absolute atomic E-state index is 12.6. The molecule has 5 nitrogen and oxygen atoms in total. The van der Waals surface area contributed by atoms with Crippen LogP contribution in [0.2, 0.25) is 0 Å². The van der Waals surface area contributed by atoms with Gasteiger partial charge >= 0.3 is 5.97 Å². The van der Waals surface area contributed by atoms with Gasteiger partial charge in [0.05, 0.1) is 13.7 Å². The van der Waals surface area contributed by atoms with E-state index in [2.05, 4.69) is 6.92 Å². The topological polar surface area (TPSA) is 49.9 Å². The van der Waals surface area contributed by atoms with E-state index in [1.54, 1.807) is 0 Å². The molecule has 21 heavy (non-hydrogen) atoms. The Hall–Kier alpha value is -1.10. The predicted octanol–water partition coefficient (Wildman–Crippen LogP) is 1.80. The van der Waals surface area contributed by atoms with Gasteiger partial charge in [-0.15, -0.1) is 0 Å². The van der Waals surface area contributed by atoms with Crippen molar-refractivity contribution in [2.45, 2.75) is 64.0 Å². The molecule has 0 radical (unpaired) electrons. The van der Waals surface area contributed by atoms with Crippen LogP contribution >= 0.6 is 0 Å². The number of rotatable bonds is 4. The molecule has 0 aliphatic carbocycles. The number of carbonyl (C=O) groups is 2. The van der Waals surface area contributed by atoms with Gasteiger partial charge in [-0.25, -0.2) is 0 Å². The lowest BCUT2D eigenvalue weighted by Crippen LogP contribution is -2.52. The minimum Gasteiger partial charge on any atom is -0.468 e. The van der Waals surface area contributed by atoms with Crippen molar-refractivity contribution in [3.63, 3.8) is 0 Å². The molecule has 0 aromatic heterocycles. The highest BCUT2D eigenvalue weighted by molar-refractivity contribution is 5.81.